The molecule has 0 aromatic heterocycles. The summed E-state index contributed by atoms with van der Waals surface area (Å²) in [6.45, 7) is 2.43. The highest BCUT2D eigenvalue weighted by Crippen LogP contribution is 2.42. The first kappa shape index (κ1) is 24.4. The van der Waals surface area contributed by atoms with E-state index in [1.807, 2.05) is 0 Å². The van der Waals surface area contributed by atoms with Crippen LogP contribution >= 0.6 is 11.6 Å². The number of rotatable bonds is 7. The summed E-state index contributed by atoms with van der Waals surface area (Å²) < 4.78 is 11.6. The van der Waals surface area contributed by atoms with Crippen molar-refractivity contribution >= 4 is 23.4 Å². The number of Topliss-reactive ketones (excluding diaryl/α,β-unsaturated/α-hetero) is 1. The van der Waals surface area contributed by atoms with E-state index >= 15 is 0 Å². The van der Waals surface area contributed by atoms with E-state index in [-0.39, 0.29) is 5.78 Å². The molecular weight excluding hydrogens is 476 g/mol. The molecule has 1 fully saturated rings. The van der Waals surface area contributed by atoms with Crippen LogP contribution in [0.5, 0.6) is 17.2 Å². The van der Waals surface area contributed by atoms with Crippen molar-refractivity contribution in [2.24, 2.45) is 5.92 Å². The van der Waals surface area contributed by atoms with Gasteiger partial charge in [0.15, 0.2) is 5.78 Å². The molecule has 1 saturated carbocycles. The van der Waals surface area contributed by atoms with Gasteiger partial charge in [0.05, 0.1) is 17.5 Å². The number of ketones is 1. The lowest BCUT2D eigenvalue weighted by molar-refractivity contribution is -0.139. The van der Waals surface area contributed by atoms with Crippen molar-refractivity contribution in [3.8, 4) is 17.2 Å². The zero-order chi connectivity index (χ0) is 25.2. The second-order valence-electron chi connectivity index (χ2n) is 9.89. The lowest BCUT2D eigenvalue weighted by Gasteiger charge is -2.24. The number of halogens is 1. The molecule has 1 aliphatic carbocycles. The molecule has 186 valence electrons. The Morgan fingerprint density at radius 3 is 2.50 bits per heavy atom. The third kappa shape index (κ3) is 5.26. The summed E-state index contributed by atoms with van der Waals surface area (Å²) in [4.78, 5) is 24.5. The normalized spacial score (nSPS) is 20.9. The van der Waals surface area contributed by atoms with Crippen LogP contribution in [0.1, 0.15) is 71.0 Å². The molecule has 1 aliphatic heterocycles. The van der Waals surface area contributed by atoms with E-state index in [9.17, 15) is 14.7 Å². The molecule has 36 heavy (non-hydrogen) atoms. The molecule has 5 rings (SSSR count). The average molecular weight is 505 g/mol. The summed E-state index contributed by atoms with van der Waals surface area (Å²) in [5, 5.41) is 9.77. The smallest absolute Gasteiger partial charge is 0.311 e. The van der Waals surface area contributed by atoms with E-state index in [4.69, 9.17) is 21.1 Å². The van der Waals surface area contributed by atoms with Crippen LogP contribution < -0.4 is 9.47 Å². The third-order valence-electron chi connectivity index (χ3n) is 7.37. The number of aliphatic carboxylic acids is 1. The minimum absolute atomic E-state index is 0.149. The molecule has 5 nitrogen and oxygen atoms in total. The van der Waals surface area contributed by atoms with Crippen molar-refractivity contribution < 1.29 is 24.2 Å². The van der Waals surface area contributed by atoms with E-state index < -0.39 is 11.9 Å². The van der Waals surface area contributed by atoms with Gasteiger partial charge in [-0.15, -0.1) is 0 Å². The van der Waals surface area contributed by atoms with Gasteiger partial charge in [-0.05, 0) is 80.3 Å². The monoisotopic (exact) mass is 504 g/mol. The Morgan fingerprint density at radius 1 is 1.03 bits per heavy atom. The summed E-state index contributed by atoms with van der Waals surface area (Å²) >= 11 is 6.39. The van der Waals surface area contributed by atoms with Crippen molar-refractivity contribution in [2.75, 3.05) is 6.61 Å². The van der Waals surface area contributed by atoms with E-state index in [0.29, 0.717) is 64.7 Å². The van der Waals surface area contributed by atoms with Gasteiger partial charge in [0.2, 0.25) is 0 Å². The predicted molar refractivity (Wildman–Crippen MR) is 139 cm³/mol. The molecule has 3 unspecified atom stereocenters. The van der Waals surface area contributed by atoms with Gasteiger partial charge in [0.25, 0.3) is 0 Å². The number of carbonyl (C=O) groups is 2. The predicted octanol–water partition coefficient (Wildman–Crippen LogP) is 7.55. The Balaban J connectivity index is 1.21. The molecule has 3 atom stereocenters. The van der Waals surface area contributed by atoms with Crippen molar-refractivity contribution in [3.05, 3.63) is 87.9 Å². The molecule has 0 amide bonds. The minimum atomic E-state index is -0.896. The van der Waals surface area contributed by atoms with Crippen LogP contribution in [0.2, 0.25) is 5.02 Å². The topological polar surface area (TPSA) is 72.8 Å². The van der Waals surface area contributed by atoms with Crippen LogP contribution in [0.3, 0.4) is 0 Å². The summed E-state index contributed by atoms with van der Waals surface area (Å²) in [5.41, 5.74) is 3.88. The molecular formula is C30H29ClO5. The first-order chi connectivity index (χ1) is 17.4. The van der Waals surface area contributed by atoms with Crippen LogP contribution in [0.25, 0.3) is 0 Å². The van der Waals surface area contributed by atoms with Crippen LogP contribution in [-0.2, 0) is 4.79 Å². The first-order valence-electron chi connectivity index (χ1n) is 12.4. The maximum absolute atomic E-state index is 12.9. The number of ether oxygens (including phenoxy) is 2. The highest BCUT2D eigenvalue weighted by Gasteiger charge is 2.29. The first-order valence-corrected chi connectivity index (χ1v) is 12.8. The molecule has 1 N–H and O–H groups in total. The van der Waals surface area contributed by atoms with Crippen molar-refractivity contribution in [1.29, 1.82) is 0 Å². The van der Waals surface area contributed by atoms with Crippen molar-refractivity contribution in [2.45, 2.75) is 50.9 Å². The fourth-order valence-corrected chi connectivity index (χ4v) is 5.55. The van der Waals surface area contributed by atoms with Gasteiger partial charge in [-0.3, -0.25) is 9.59 Å². The highest BCUT2D eigenvalue weighted by atomic mass is 35.5. The number of benzene rings is 3. The molecule has 0 bridgehead atoms. The second kappa shape index (κ2) is 10.4. The highest BCUT2D eigenvalue weighted by molar-refractivity contribution is 6.32. The van der Waals surface area contributed by atoms with Crippen LogP contribution in [0.15, 0.2) is 60.7 Å². The van der Waals surface area contributed by atoms with E-state index in [2.05, 4.69) is 31.2 Å². The number of carboxylic acid groups (broad SMARTS) is 1. The Hall–Kier alpha value is -3.31. The molecule has 6 heteroatoms. The molecule has 3 aromatic rings. The Labute approximate surface area is 216 Å². The number of hydrogen-bond donors (Lipinski definition) is 1. The van der Waals surface area contributed by atoms with Crippen LogP contribution in [-0.4, -0.2) is 23.5 Å². The molecule has 0 radical (unpaired) electrons. The van der Waals surface area contributed by atoms with Crippen molar-refractivity contribution in [1.82, 2.24) is 0 Å². The second-order valence-corrected chi connectivity index (χ2v) is 10.3. The fraction of sp³-hybridized carbons (Fsp3) is 0.333. The van der Waals surface area contributed by atoms with Crippen LogP contribution in [0.4, 0.5) is 0 Å². The zero-order valence-corrected chi connectivity index (χ0v) is 21.0. The Kier molecular flexibility index (Phi) is 7.01. The zero-order valence-electron chi connectivity index (χ0n) is 20.2. The summed E-state index contributed by atoms with van der Waals surface area (Å²) in [6.07, 6.45) is 4.22. The number of hydrogen-bond acceptors (Lipinski definition) is 4. The molecule has 1 heterocycles. The van der Waals surface area contributed by atoms with Gasteiger partial charge in [0, 0.05) is 23.6 Å². The van der Waals surface area contributed by atoms with Gasteiger partial charge in [-0.25, -0.2) is 0 Å². The third-order valence-corrected chi connectivity index (χ3v) is 7.67. The quantitative estimate of drug-likeness (QED) is 0.336. The number of fused-ring (bicyclic) bond motifs is 1. The van der Waals surface area contributed by atoms with Gasteiger partial charge in [0.1, 0.15) is 17.2 Å². The lowest BCUT2D eigenvalue weighted by Crippen LogP contribution is -2.20. The minimum Gasteiger partial charge on any atom is -0.493 e. The van der Waals surface area contributed by atoms with Gasteiger partial charge >= 0.3 is 5.97 Å². The van der Waals surface area contributed by atoms with Gasteiger partial charge < -0.3 is 14.6 Å². The van der Waals surface area contributed by atoms with Gasteiger partial charge in [-0.2, -0.15) is 0 Å². The van der Waals surface area contributed by atoms with Crippen molar-refractivity contribution in [3.63, 3.8) is 0 Å². The number of carbonyl (C=O) groups excluding carboxylic acids is 1. The molecule has 2 aliphatic rings. The van der Waals surface area contributed by atoms with E-state index in [1.54, 1.807) is 36.4 Å². The maximum Gasteiger partial charge on any atom is 0.311 e. The lowest BCUT2D eigenvalue weighted by atomic mass is 9.93. The standard InChI is InChI=1S/C30H29ClO5/c1-18-2-5-20(6-3-18)22-7-4-19(14-22)15-27(32)21-8-10-23(11-9-21)36-29-17-28-25(16-26(29)31)24(30(33)34)12-13-35-28/h2-3,5-6,8-11,16-17,19,22,24H,4,7,12-15H2,1H3,(H,33,34). The number of carboxylic acids is 1. The summed E-state index contributed by atoms with van der Waals surface area (Å²) in [6, 6.07) is 19.1. The molecule has 0 spiro atoms. The Bertz CT molecular complexity index is 1270. The SMILES string of the molecule is Cc1ccc(C2CCC(CC(=O)c3ccc(Oc4cc5c(cc4Cl)C(C(=O)O)CCO5)cc3)C2)cc1. The fourth-order valence-electron chi connectivity index (χ4n) is 5.34. The van der Waals surface area contributed by atoms with E-state index in [0.717, 1.165) is 19.3 Å². The van der Waals surface area contributed by atoms with Crippen LogP contribution in [0, 0.1) is 12.8 Å². The average Bonchev–Trinajstić information content (AvgIpc) is 3.33. The van der Waals surface area contributed by atoms with E-state index in [1.165, 1.54) is 11.1 Å². The van der Waals surface area contributed by atoms with Gasteiger partial charge in [-0.1, -0.05) is 41.4 Å². The largest absolute Gasteiger partial charge is 0.493 e. The Morgan fingerprint density at radius 2 is 1.78 bits per heavy atom. The summed E-state index contributed by atoms with van der Waals surface area (Å²) in [5.74, 6) is 0.953. The summed E-state index contributed by atoms with van der Waals surface area (Å²) in [7, 11) is 0. The molecule has 0 saturated heterocycles. The number of aryl methyl sites for hydroxylation is 1. The maximum atomic E-state index is 12.9. The molecule has 3 aromatic carbocycles.